The second-order valence-corrected chi connectivity index (χ2v) is 7.42. The molecule has 3 nitrogen and oxygen atoms in total. The Balaban J connectivity index is 1.82. The summed E-state index contributed by atoms with van der Waals surface area (Å²) in [5, 5.41) is 3.53. The van der Waals surface area contributed by atoms with Gasteiger partial charge in [0.15, 0.2) is 0 Å². The van der Waals surface area contributed by atoms with Gasteiger partial charge in [-0.1, -0.05) is 6.92 Å². The quantitative estimate of drug-likeness (QED) is 0.732. The maximum Gasteiger partial charge on any atom is 0.0701 e. The Kier molecular flexibility index (Phi) is 7.15. The highest BCUT2D eigenvalue weighted by Gasteiger charge is 2.40. The van der Waals surface area contributed by atoms with E-state index in [0.29, 0.717) is 6.04 Å². The van der Waals surface area contributed by atoms with E-state index < -0.39 is 0 Å². The highest BCUT2D eigenvalue weighted by molar-refractivity contribution is 7.99. The fourth-order valence-corrected chi connectivity index (χ4v) is 4.81. The van der Waals surface area contributed by atoms with Gasteiger partial charge >= 0.3 is 0 Å². The fraction of sp³-hybridized carbons (Fsp3) is 1.00. The molecule has 2 rings (SSSR count). The molecule has 0 aliphatic carbocycles. The third-order valence-corrected chi connectivity index (χ3v) is 5.78. The lowest BCUT2D eigenvalue weighted by Crippen LogP contribution is -2.48. The van der Waals surface area contributed by atoms with Crippen molar-refractivity contribution in [3.05, 3.63) is 0 Å². The molecule has 0 aromatic heterocycles. The molecule has 2 heterocycles. The number of nitrogens with one attached hydrogen (secondary N) is 1. The lowest BCUT2D eigenvalue weighted by Gasteiger charge is -2.45. The van der Waals surface area contributed by atoms with Crippen molar-refractivity contribution in [3.63, 3.8) is 0 Å². The van der Waals surface area contributed by atoms with Crippen molar-refractivity contribution in [1.29, 1.82) is 0 Å². The van der Waals surface area contributed by atoms with Gasteiger partial charge < -0.3 is 14.8 Å². The zero-order valence-corrected chi connectivity index (χ0v) is 14.0. The van der Waals surface area contributed by atoms with E-state index in [4.69, 9.17) is 9.47 Å². The SMILES string of the molecule is CCCOCCC(NC)C1CCOC2(CCSCC2)C1. The zero-order chi connectivity index (χ0) is 14.3. The summed E-state index contributed by atoms with van der Waals surface area (Å²) in [6.07, 6.45) is 7.18. The lowest BCUT2D eigenvalue weighted by atomic mass is 9.78. The van der Waals surface area contributed by atoms with Gasteiger partial charge in [-0.3, -0.25) is 0 Å². The molecule has 2 aliphatic rings. The molecule has 0 saturated carbocycles. The topological polar surface area (TPSA) is 30.5 Å². The van der Waals surface area contributed by atoms with E-state index in [1.807, 2.05) is 0 Å². The van der Waals surface area contributed by atoms with Gasteiger partial charge in [-0.2, -0.15) is 11.8 Å². The van der Waals surface area contributed by atoms with Gasteiger partial charge in [-0.15, -0.1) is 0 Å². The first kappa shape index (κ1) is 16.6. The number of hydrogen-bond donors (Lipinski definition) is 1. The summed E-state index contributed by atoms with van der Waals surface area (Å²) >= 11 is 2.08. The first-order valence-electron chi connectivity index (χ1n) is 8.26. The van der Waals surface area contributed by atoms with E-state index in [-0.39, 0.29) is 5.60 Å². The molecule has 2 atom stereocenters. The first-order chi connectivity index (χ1) is 9.79. The molecule has 0 aromatic rings. The lowest BCUT2D eigenvalue weighted by molar-refractivity contribution is -0.108. The molecule has 2 unspecified atom stereocenters. The van der Waals surface area contributed by atoms with Crippen LogP contribution in [0.5, 0.6) is 0 Å². The normalized spacial score (nSPS) is 27.6. The van der Waals surface area contributed by atoms with E-state index >= 15 is 0 Å². The molecule has 0 amide bonds. The predicted molar refractivity (Wildman–Crippen MR) is 86.5 cm³/mol. The van der Waals surface area contributed by atoms with Gasteiger partial charge in [0, 0.05) is 25.9 Å². The summed E-state index contributed by atoms with van der Waals surface area (Å²) in [5.41, 5.74) is 0.202. The van der Waals surface area contributed by atoms with Crippen LogP contribution in [0.3, 0.4) is 0 Å². The van der Waals surface area contributed by atoms with Crippen molar-refractivity contribution in [3.8, 4) is 0 Å². The van der Waals surface area contributed by atoms with Crippen molar-refractivity contribution in [2.24, 2.45) is 5.92 Å². The zero-order valence-electron chi connectivity index (χ0n) is 13.2. The maximum atomic E-state index is 6.20. The van der Waals surface area contributed by atoms with Crippen LogP contribution in [0.15, 0.2) is 0 Å². The Morgan fingerprint density at radius 2 is 2.15 bits per heavy atom. The molecule has 4 heteroatoms. The maximum absolute atomic E-state index is 6.20. The average molecular weight is 301 g/mol. The minimum Gasteiger partial charge on any atom is -0.381 e. The van der Waals surface area contributed by atoms with Crippen LogP contribution in [-0.2, 0) is 9.47 Å². The van der Waals surface area contributed by atoms with Crippen LogP contribution in [0.2, 0.25) is 0 Å². The molecule has 1 spiro atoms. The molecule has 2 aliphatic heterocycles. The van der Waals surface area contributed by atoms with Crippen molar-refractivity contribution in [2.45, 2.75) is 57.1 Å². The monoisotopic (exact) mass is 301 g/mol. The van der Waals surface area contributed by atoms with Crippen LogP contribution in [0, 0.1) is 5.92 Å². The smallest absolute Gasteiger partial charge is 0.0701 e. The van der Waals surface area contributed by atoms with Crippen LogP contribution in [-0.4, -0.2) is 50.0 Å². The Hall–Kier alpha value is 0.230. The number of ether oxygens (including phenoxy) is 2. The molecule has 118 valence electrons. The Morgan fingerprint density at radius 3 is 2.85 bits per heavy atom. The largest absolute Gasteiger partial charge is 0.381 e. The molecule has 0 radical (unpaired) electrons. The number of rotatable bonds is 7. The minimum absolute atomic E-state index is 0.202. The standard InChI is InChI=1S/C16H31NO2S/c1-3-8-18-9-5-15(17-2)14-4-10-19-16(13-14)6-11-20-12-7-16/h14-15,17H,3-13H2,1-2H3. The first-order valence-corrected chi connectivity index (χ1v) is 9.42. The van der Waals surface area contributed by atoms with Crippen LogP contribution in [0.1, 0.15) is 45.4 Å². The second-order valence-electron chi connectivity index (χ2n) is 6.19. The molecule has 0 aromatic carbocycles. The Labute approximate surface area is 128 Å². The minimum atomic E-state index is 0.202. The van der Waals surface area contributed by atoms with Gasteiger partial charge in [0.1, 0.15) is 0 Å². The van der Waals surface area contributed by atoms with Gasteiger partial charge in [-0.05, 0) is 63.0 Å². The van der Waals surface area contributed by atoms with E-state index in [1.54, 1.807) is 0 Å². The van der Waals surface area contributed by atoms with Crippen molar-refractivity contribution < 1.29 is 9.47 Å². The highest BCUT2D eigenvalue weighted by Crippen LogP contribution is 2.41. The summed E-state index contributed by atoms with van der Waals surface area (Å²) in [4.78, 5) is 0. The predicted octanol–water partition coefficient (Wildman–Crippen LogP) is 3.08. The van der Waals surface area contributed by atoms with Crippen LogP contribution in [0.4, 0.5) is 0 Å². The molecule has 20 heavy (non-hydrogen) atoms. The Morgan fingerprint density at radius 1 is 1.35 bits per heavy atom. The van der Waals surface area contributed by atoms with Gasteiger partial charge in [0.05, 0.1) is 5.60 Å². The summed E-state index contributed by atoms with van der Waals surface area (Å²) in [7, 11) is 2.10. The van der Waals surface area contributed by atoms with Gasteiger partial charge in [0.25, 0.3) is 0 Å². The van der Waals surface area contributed by atoms with Crippen LogP contribution in [0.25, 0.3) is 0 Å². The summed E-state index contributed by atoms with van der Waals surface area (Å²) < 4.78 is 11.9. The molecule has 2 saturated heterocycles. The van der Waals surface area contributed by atoms with Gasteiger partial charge in [0.2, 0.25) is 0 Å². The molecular formula is C16H31NO2S. The van der Waals surface area contributed by atoms with Crippen LogP contribution >= 0.6 is 11.8 Å². The Bertz CT molecular complexity index is 264. The van der Waals surface area contributed by atoms with E-state index in [9.17, 15) is 0 Å². The molecule has 1 N–H and O–H groups in total. The van der Waals surface area contributed by atoms with Crippen molar-refractivity contribution in [1.82, 2.24) is 5.32 Å². The van der Waals surface area contributed by atoms with E-state index in [1.165, 1.54) is 37.2 Å². The van der Waals surface area contributed by atoms with Gasteiger partial charge in [-0.25, -0.2) is 0 Å². The van der Waals surface area contributed by atoms with Crippen LogP contribution < -0.4 is 5.32 Å². The highest BCUT2D eigenvalue weighted by atomic mass is 32.2. The fourth-order valence-electron chi connectivity index (χ4n) is 3.57. The second kappa shape index (κ2) is 8.62. The number of thioether (sulfide) groups is 1. The molecule has 0 bridgehead atoms. The average Bonchev–Trinajstić information content (AvgIpc) is 2.48. The molecular weight excluding hydrogens is 270 g/mol. The summed E-state index contributed by atoms with van der Waals surface area (Å²) in [5.74, 6) is 3.30. The third kappa shape index (κ3) is 4.62. The summed E-state index contributed by atoms with van der Waals surface area (Å²) in [6.45, 7) is 4.90. The van der Waals surface area contributed by atoms with Crippen molar-refractivity contribution >= 4 is 11.8 Å². The molecule has 2 fully saturated rings. The van der Waals surface area contributed by atoms with E-state index in [0.717, 1.165) is 38.6 Å². The number of hydrogen-bond acceptors (Lipinski definition) is 4. The summed E-state index contributed by atoms with van der Waals surface area (Å²) in [6, 6.07) is 0.585. The van der Waals surface area contributed by atoms with Crippen molar-refractivity contribution in [2.75, 3.05) is 38.4 Å². The third-order valence-electron chi connectivity index (χ3n) is 4.80. The van der Waals surface area contributed by atoms with E-state index in [2.05, 4.69) is 31.1 Å².